The maximum atomic E-state index is 13.6. The van der Waals surface area contributed by atoms with Crippen LogP contribution >= 0.6 is 11.6 Å². The third-order valence-electron chi connectivity index (χ3n) is 6.07. The van der Waals surface area contributed by atoms with E-state index in [0.717, 1.165) is 11.3 Å². The van der Waals surface area contributed by atoms with Crippen LogP contribution in [0.2, 0.25) is 5.02 Å². The number of nitrogens with zero attached hydrogens (tertiary/aromatic N) is 2. The van der Waals surface area contributed by atoms with E-state index < -0.39 is 5.82 Å². The molecule has 0 radical (unpaired) electrons. The zero-order valence-electron chi connectivity index (χ0n) is 19.1. The van der Waals surface area contributed by atoms with Gasteiger partial charge in [0.25, 0.3) is 5.91 Å². The van der Waals surface area contributed by atoms with Gasteiger partial charge in [-0.1, -0.05) is 36.7 Å². The van der Waals surface area contributed by atoms with E-state index in [1.54, 1.807) is 29.0 Å². The second kappa shape index (κ2) is 10.4. The molecule has 2 unspecified atom stereocenters. The molecule has 5 nitrogen and oxygen atoms in total. The molecule has 1 heterocycles. The van der Waals surface area contributed by atoms with Gasteiger partial charge in [0.1, 0.15) is 5.82 Å². The van der Waals surface area contributed by atoms with Crippen molar-refractivity contribution in [1.29, 1.82) is 0 Å². The van der Waals surface area contributed by atoms with E-state index in [1.807, 2.05) is 43.3 Å². The number of hydrogen-bond acceptors (Lipinski definition) is 3. The third-order valence-corrected chi connectivity index (χ3v) is 6.32. The highest BCUT2D eigenvalue weighted by Crippen LogP contribution is 2.43. The van der Waals surface area contributed by atoms with Crippen LogP contribution in [0.5, 0.6) is 0 Å². The number of ether oxygens (including phenoxy) is 1. The summed E-state index contributed by atoms with van der Waals surface area (Å²) < 4.78 is 19.0. The van der Waals surface area contributed by atoms with Crippen molar-refractivity contribution in [2.24, 2.45) is 0 Å². The number of fused-ring (bicyclic) bond motifs is 1. The lowest BCUT2D eigenvalue weighted by Crippen LogP contribution is -2.50. The Kier molecular flexibility index (Phi) is 7.29. The fraction of sp³-hybridized carbons (Fsp3) is 0.259. The highest BCUT2D eigenvalue weighted by molar-refractivity contribution is 6.30. The normalized spacial score (nSPS) is 17.2. The van der Waals surface area contributed by atoms with Gasteiger partial charge in [-0.15, -0.1) is 0 Å². The maximum absolute atomic E-state index is 13.6. The van der Waals surface area contributed by atoms with Crippen molar-refractivity contribution >= 4 is 34.8 Å². The Labute approximate surface area is 203 Å². The lowest BCUT2D eigenvalue weighted by molar-refractivity contribution is -0.118. The summed E-state index contributed by atoms with van der Waals surface area (Å²) in [4.78, 5) is 30.3. The first-order valence-corrected chi connectivity index (χ1v) is 11.6. The number of para-hydroxylation sites is 1. The molecule has 0 aromatic heterocycles. The molecule has 0 fully saturated rings. The molecule has 0 saturated carbocycles. The average molecular weight is 481 g/mol. The van der Waals surface area contributed by atoms with Crippen molar-refractivity contribution in [3.05, 3.63) is 94.8 Å². The summed E-state index contributed by atoms with van der Waals surface area (Å²) in [5.41, 5.74) is 2.69. The Bertz CT molecular complexity index is 1170. The van der Waals surface area contributed by atoms with Gasteiger partial charge in [-0.25, -0.2) is 4.39 Å². The molecule has 0 N–H and O–H groups in total. The molecule has 0 saturated heterocycles. The van der Waals surface area contributed by atoms with Gasteiger partial charge in [0.15, 0.2) is 0 Å². The van der Waals surface area contributed by atoms with Crippen molar-refractivity contribution < 1.29 is 18.7 Å². The molecule has 0 bridgehead atoms. The Morgan fingerprint density at radius 1 is 1.06 bits per heavy atom. The number of hydrogen-bond donors (Lipinski definition) is 0. The molecular formula is C27H26ClFN2O3. The molecule has 176 valence electrons. The number of methoxy groups -OCH3 is 1. The van der Waals surface area contributed by atoms with E-state index in [4.69, 9.17) is 16.3 Å². The average Bonchev–Trinajstić information content (AvgIpc) is 2.85. The monoisotopic (exact) mass is 480 g/mol. The zero-order valence-corrected chi connectivity index (χ0v) is 19.8. The standard InChI is InChI=1S/C27H26ClFN2O3/c1-3-26(32)30(21-14-10-19(28)11-15-21)25-16-22(17-34-2)31(24-7-5-4-6-23(24)25)27(33)18-8-12-20(29)13-9-18/h4-15,22,25H,3,16-17H2,1-2H3. The summed E-state index contributed by atoms with van der Waals surface area (Å²) in [6.07, 6.45) is 0.806. The van der Waals surface area contributed by atoms with Gasteiger partial charge in [0.05, 0.1) is 18.7 Å². The molecule has 2 amide bonds. The lowest BCUT2D eigenvalue weighted by atomic mass is 9.88. The largest absolute Gasteiger partial charge is 0.383 e. The van der Waals surface area contributed by atoms with Crippen LogP contribution in [0.15, 0.2) is 72.8 Å². The van der Waals surface area contributed by atoms with Gasteiger partial charge in [0.2, 0.25) is 5.91 Å². The van der Waals surface area contributed by atoms with Crippen LogP contribution in [-0.4, -0.2) is 31.6 Å². The highest BCUT2D eigenvalue weighted by atomic mass is 35.5. The van der Waals surface area contributed by atoms with E-state index >= 15 is 0 Å². The molecule has 3 aromatic rings. The first-order valence-electron chi connectivity index (χ1n) is 11.2. The van der Waals surface area contributed by atoms with Gasteiger partial charge in [-0.05, 0) is 66.6 Å². The fourth-order valence-electron chi connectivity index (χ4n) is 4.53. The zero-order chi connectivity index (χ0) is 24.2. The number of rotatable bonds is 6. The Balaban J connectivity index is 1.82. The molecule has 1 aliphatic rings. The van der Waals surface area contributed by atoms with Crippen molar-refractivity contribution in [2.45, 2.75) is 31.8 Å². The maximum Gasteiger partial charge on any atom is 0.258 e. The van der Waals surface area contributed by atoms with Gasteiger partial charge < -0.3 is 14.5 Å². The molecule has 4 rings (SSSR count). The molecular weight excluding hydrogens is 455 g/mol. The van der Waals surface area contributed by atoms with Crippen LogP contribution in [0.3, 0.4) is 0 Å². The summed E-state index contributed by atoms with van der Waals surface area (Å²) in [5.74, 6) is -0.676. The number of anilines is 2. The number of carbonyl (C=O) groups excluding carboxylic acids is 2. The predicted molar refractivity (Wildman–Crippen MR) is 132 cm³/mol. The molecule has 7 heteroatoms. The molecule has 34 heavy (non-hydrogen) atoms. The Morgan fingerprint density at radius 2 is 1.74 bits per heavy atom. The molecule has 0 aliphatic carbocycles. The van der Waals surface area contributed by atoms with Crippen LogP contribution < -0.4 is 9.80 Å². The van der Waals surface area contributed by atoms with Crippen LogP contribution in [0.1, 0.15) is 41.7 Å². The number of halogens is 2. The van der Waals surface area contributed by atoms with E-state index in [0.29, 0.717) is 29.1 Å². The van der Waals surface area contributed by atoms with E-state index in [-0.39, 0.29) is 30.5 Å². The van der Waals surface area contributed by atoms with Gasteiger partial charge in [0, 0.05) is 35.5 Å². The van der Waals surface area contributed by atoms with Crippen molar-refractivity contribution in [3.8, 4) is 0 Å². The van der Waals surface area contributed by atoms with Crippen LogP contribution in [0.25, 0.3) is 0 Å². The number of benzene rings is 3. The summed E-state index contributed by atoms with van der Waals surface area (Å²) in [7, 11) is 1.59. The van der Waals surface area contributed by atoms with Gasteiger partial charge in [-0.3, -0.25) is 9.59 Å². The van der Waals surface area contributed by atoms with Crippen molar-refractivity contribution in [1.82, 2.24) is 0 Å². The summed E-state index contributed by atoms with van der Waals surface area (Å²) in [6, 6.07) is 19.7. The SMILES string of the molecule is CCC(=O)N(c1ccc(Cl)cc1)C1CC(COC)N(C(=O)c2ccc(F)cc2)c2ccccc21. The minimum absolute atomic E-state index is 0.0309. The van der Waals surface area contributed by atoms with Gasteiger partial charge in [-0.2, -0.15) is 0 Å². The smallest absolute Gasteiger partial charge is 0.258 e. The second-order valence-electron chi connectivity index (χ2n) is 8.20. The van der Waals surface area contributed by atoms with E-state index in [2.05, 4.69) is 0 Å². The fourth-order valence-corrected chi connectivity index (χ4v) is 4.66. The minimum Gasteiger partial charge on any atom is -0.383 e. The topological polar surface area (TPSA) is 49.9 Å². The molecule has 3 aromatic carbocycles. The van der Waals surface area contributed by atoms with Crippen molar-refractivity contribution in [2.75, 3.05) is 23.5 Å². The number of amides is 2. The van der Waals surface area contributed by atoms with Crippen LogP contribution in [0, 0.1) is 5.82 Å². The quantitative estimate of drug-likeness (QED) is 0.433. The van der Waals surface area contributed by atoms with Gasteiger partial charge >= 0.3 is 0 Å². The summed E-state index contributed by atoms with van der Waals surface area (Å²) >= 11 is 6.10. The second-order valence-corrected chi connectivity index (χ2v) is 8.63. The third kappa shape index (κ3) is 4.69. The summed E-state index contributed by atoms with van der Waals surface area (Å²) in [6.45, 7) is 2.11. The first-order chi connectivity index (χ1) is 16.4. The van der Waals surface area contributed by atoms with E-state index in [1.165, 1.54) is 24.3 Å². The van der Waals surface area contributed by atoms with Crippen molar-refractivity contribution in [3.63, 3.8) is 0 Å². The predicted octanol–water partition coefficient (Wildman–Crippen LogP) is 6.03. The lowest BCUT2D eigenvalue weighted by Gasteiger charge is -2.44. The van der Waals surface area contributed by atoms with Crippen LogP contribution in [0.4, 0.5) is 15.8 Å². The summed E-state index contributed by atoms with van der Waals surface area (Å²) in [5, 5.41) is 0.588. The molecule has 1 aliphatic heterocycles. The van der Waals surface area contributed by atoms with E-state index in [9.17, 15) is 14.0 Å². The Hall–Kier alpha value is -3.22. The Morgan fingerprint density at radius 3 is 2.38 bits per heavy atom. The highest BCUT2D eigenvalue weighted by Gasteiger charge is 2.40. The van der Waals surface area contributed by atoms with Crippen LogP contribution in [-0.2, 0) is 9.53 Å². The minimum atomic E-state index is -0.402. The first kappa shape index (κ1) is 23.9. The molecule has 0 spiro atoms. The molecule has 2 atom stereocenters. The number of carbonyl (C=O) groups is 2.